The van der Waals surface area contributed by atoms with E-state index in [4.69, 9.17) is 5.73 Å². The van der Waals surface area contributed by atoms with Crippen molar-refractivity contribution in [1.82, 2.24) is 25.5 Å². The quantitative estimate of drug-likeness (QED) is 0.496. The van der Waals surface area contributed by atoms with Gasteiger partial charge in [0, 0.05) is 46.1 Å². The summed E-state index contributed by atoms with van der Waals surface area (Å²) in [6.07, 6.45) is 7.86. The Hall–Kier alpha value is -3.25. The molecule has 1 aliphatic rings. The molecule has 1 fully saturated rings. The summed E-state index contributed by atoms with van der Waals surface area (Å²) in [5, 5.41) is 13.3. The summed E-state index contributed by atoms with van der Waals surface area (Å²) >= 11 is 0. The second-order valence-electron chi connectivity index (χ2n) is 7.74. The SMILES string of the molecule is Cc1cccc2cc(-c3cc(-c4cn[nH]c4C4CCNCC4)cnc3N)ncc12. The number of nitrogens with zero attached hydrogens (tertiary/aromatic N) is 3. The Balaban J connectivity index is 1.58. The van der Waals surface area contributed by atoms with Gasteiger partial charge < -0.3 is 11.1 Å². The van der Waals surface area contributed by atoms with Crippen molar-refractivity contribution in [3.05, 3.63) is 60.2 Å². The number of pyridine rings is 2. The van der Waals surface area contributed by atoms with Gasteiger partial charge in [0.05, 0.1) is 11.9 Å². The summed E-state index contributed by atoms with van der Waals surface area (Å²) in [5.74, 6) is 0.969. The van der Waals surface area contributed by atoms with E-state index in [2.05, 4.69) is 62.7 Å². The maximum absolute atomic E-state index is 6.25. The maximum Gasteiger partial charge on any atom is 0.132 e. The van der Waals surface area contributed by atoms with Crippen LogP contribution in [0.1, 0.15) is 30.0 Å². The number of hydrogen-bond acceptors (Lipinski definition) is 5. The minimum absolute atomic E-state index is 0.483. The van der Waals surface area contributed by atoms with E-state index in [1.165, 1.54) is 11.3 Å². The number of benzene rings is 1. The summed E-state index contributed by atoms with van der Waals surface area (Å²) in [5.41, 5.74) is 12.4. The van der Waals surface area contributed by atoms with Crippen molar-refractivity contribution in [2.75, 3.05) is 18.8 Å². The number of rotatable bonds is 3. The lowest BCUT2D eigenvalue weighted by Crippen LogP contribution is -2.27. The van der Waals surface area contributed by atoms with Crippen LogP contribution in [0.25, 0.3) is 33.2 Å². The fourth-order valence-corrected chi connectivity index (χ4v) is 4.25. The molecule has 4 aromatic rings. The zero-order valence-electron chi connectivity index (χ0n) is 16.4. The molecule has 1 saturated heterocycles. The predicted molar refractivity (Wildman–Crippen MR) is 117 cm³/mol. The van der Waals surface area contributed by atoms with Gasteiger partial charge >= 0.3 is 0 Å². The van der Waals surface area contributed by atoms with Crippen LogP contribution in [-0.2, 0) is 0 Å². The first kappa shape index (κ1) is 17.8. The van der Waals surface area contributed by atoms with Crippen molar-refractivity contribution >= 4 is 16.6 Å². The zero-order valence-corrected chi connectivity index (χ0v) is 16.4. The molecular formula is C23H24N6. The second kappa shape index (κ2) is 7.29. The molecule has 0 atom stereocenters. The molecule has 5 rings (SSSR count). The zero-order chi connectivity index (χ0) is 19.8. The maximum atomic E-state index is 6.25. The highest BCUT2D eigenvalue weighted by molar-refractivity contribution is 5.89. The van der Waals surface area contributed by atoms with Crippen LogP contribution in [0.3, 0.4) is 0 Å². The molecule has 6 heteroatoms. The van der Waals surface area contributed by atoms with E-state index >= 15 is 0 Å². The van der Waals surface area contributed by atoms with Crippen LogP contribution >= 0.6 is 0 Å². The average Bonchev–Trinajstić information content (AvgIpc) is 3.25. The molecule has 0 unspecified atom stereocenters. The van der Waals surface area contributed by atoms with Crippen molar-refractivity contribution in [2.45, 2.75) is 25.7 Å². The average molecular weight is 384 g/mol. The van der Waals surface area contributed by atoms with Crippen LogP contribution in [0.2, 0.25) is 0 Å². The molecule has 6 nitrogen and oxygen atoms in total. The topological polar surface area (TPSA) is 92.5 Å². The van der Waals surface area contributed by atoms with Crippen LogP contribution < -0.4 is 11.1 Å². The third kappa shape index (κ3) is 3.25. The molecule has 4 heterocycles. The monoisotopic (exact) mass is 384 g/mol. The highest BCUT2D eigenvalue weighted by Gasteiger charge is 2.21. The minimum Gasteiger partial charge on any atom is -0.383 e. The molecule has 29 heavy (non-hydrogen) atoms. The van der Waals surface area contributed by atoms with Gasteiger partial charge in [-0.2, -0.15) is 5.10 Å². The fraction of sp³-hybridized carbons (Fsp3) is 0.261. The number of hydrogen-bond donors (Lipinski definition) is 3. The number of nitrogens with two attached hydrogens (primary N) is 1. The highest BCUT2D eigenvalue weighted by Crippen LogP contribution is 2.35. The summed E-state index contributed by atoms with van der Waals surface area (Å²) in [4.78, 5) is 9.16. The number of nitrogens with one attached hydrogen (secondary N) is 2. The van der Waals surface area contributed by atoms with E-state index < -0.39 is 0 Å². The number of anilines is 1. The lowest BCUT2D eigenvalue weighted by molar-refractivity contribution is 0.453. The van der Waals surface area contributed by atoms with Crippen molar-refractivity contribution in [1.29, 1.82) is 0 Å². The highest BCUT2D eigenvalue weighted by atomic mass is 15.1. The molecule has 4 N–H and O–H groups in total. The lowest BCUT2D eigenvalue weighted by atomic mass is 9.90. The Bertz CT molecular complexity index is 1170. The van der Waals surface area contributed by atoms with Gasteiger partial charge in [0.1, 0.15) is 5.82 Å². The first-order chi connectivity index (χ1) is 14.2. The van der Waals surface area contributed by atoms with Crippen LogP contribution in [0.4, 0.5) is 5.82 Å². The Morgan fingerprint density at radius 3 is 2.72 bits per heavy atom. The van der Waals surface area contributed by atoms with Gasteiger partial charge in [-0.15, -0.1) is 0 Å². The van der Waals surface area contributed by atoms with Crippen molar-refractivity contribution in [3.63, 3.8) is 0 Å². The van der Waals surface area contributed by atoms with Gasteiger partial charge in [-0.1, -0.05) is 18.2 Å². The van der Waals surface area contributed by atoms with Crippen LogP contribution in [0, 0.1) is 6.92 Å². The fourth-order valence-electron chi connectivity index (χ4n) is 4.25. The number of nitrogen functional groups attached to an aromatic ring is 1. The molecule has 0 saturated carbocycles. The van der Waals surface area contributed by atoms with E-state index in [1.54, 1.807) is 0 Å². The molecule has 0 bridgehead atoms. The van der Waals surface area contributed by atoms with Gasteiger partial charge in [0.15, 0.2) is 0 Å². The number of fused-ring (bicyclic) bond motifs is 1. The number of aromatic amines is 1. The molecule has 1 aliphatic heterocycles. The van der Waals surface area contributed by atoms with Gasteiger partial charge in [-0.25, -0.2) is 4.98 Å². The summed E-state index contributed by atoms with van der Waals surface area (Å²) in [7, 11) is 0. The molecule has 146 valence electrons. The smallest absolute Gasteiger partial charge is 0.132 e. The molecule has 0 amide bonds. The van der Waals surface area contributed by atoms with Crippen LogP contribution in [0.5, 0.6) is 0 Å². The van der Waals surface area contributed by atoms with E-state index in [0.717, 1.165) is 59.1 Å². The van der Waals surface area contributed by atoms with E-state index in [1.807, 2.05) is 18.6 Å². The number of piperidine rings is 1. The Kier molecular flexibility index (Phi) is 4.48. The van der Waals surface area contributed by atoms with E-state index in [0.29, 0.717) is 11.7 Å². The number of aryl methyl sites for hydroxylation is 1. The second-order valence-corrected chi connectivity index (χ2v) is 7.74. The first-order valence-electron chi connectivity index (χ1n) is 10.1. The molecule has 3 aromatic heterocycles. The van der Waals surface area contributed by atoms with Gasteiger partial charge in [0.25, 0.3) is 0 Å². The van der Waals surface area contributed by atoms with Crippen LogP contribution in [-0.4, -0.2) is 33.3 Å². The summed E-state index contributed by atoms with van der Waals surface area (Å²) < 4.78 is 0. The molecule has 0 radical (unpaired) electrons. The van der Waals surface area contributed by atoms with Crippen LogP contribution in [0.15, 0.2) is 48.9 Å². The van der Waals surface area contributed by atoms with Crippen molar-refractivity contribution in [2.24, 2.45) is 0 Å². The molecular weight excluding hydrogens is 360 g/mol. The minimum atomic E-state index is 0.483. The van der Waals surface area contributed by atoms with E-state index in [9.17, 15) is 0 Å². The molecule has 0 aliphatic carbocycles. The Morgan fingerprint density at radius 2 is 1.86 bits per heavy atom. The normalized spacial score (nSPS) is 15.1. The third-order valence-corrected chi connectivity index (χ3v) is 5.90. The van der Waals surface area contributed by atoms with Crippen molar-refractivity contribution in [3.8, 4) is 22.4 Å². The molecule has 0 spiro atoms. The summed E-state index contributed by atoms with van der Waals surface area (Å²) in [6, 6.07) is 10.4. The number of aromatic nitrogens is 4. The van der Waals surface area contributed by atoms with E-state index in [-0.39, 0.29) is 0 Å². The Morgan fingerprint density at radius 1 is 1.00 bits per heavy atom. The standard InChI is InChI=1S/C23H24N6/c1-14-3-2-4-16-10-21(26-12-19(14)16)18-9-17(11-27-23(18)24)20-13-28-29-22(20)15-5-7-25-8-6-15/h2-4,9-13,15,25H,5-8H2,1H3,(H2,24,27)(H,28,29). The number of H-pyrrole nitrogens is 1. The van der Waals surface area contributed by atoms with Gasteiger partial charge in [0.2, 0.25) is 0 Å². The van der Waals surface area contributed by atoms with Gasteiger partial charge in [-0.3, -0.25) is 10.1 Å². The molecule has 1 aromatic carbocycles. The lowest BCUT2D eigenvalue weighted by Gasteiger charge is -2.22. The first-order valence-corrected chi connectivity index (χ1v) is 10.1. The van der Waals surface area contributed by atoms with Crippen molar-refractivity contribution < 1.29 is 0 Å². The predicted octanol–water partition coefficient (Wildman–Crippen LogP) is 4.04. The Labute approximate surface area is 169 Å². The third-order valence-electron chi connectivity index (χ3n) is 5.90. The van der Waals surface area contributed by atoms with Gasteiger partial charge in [-0.05, 0) is 55.9 Å². The largest absolute Gasteiger partial charge is 0.383 e. The summed E-state index contributed by atoms with van der Waals surface area (Å²) in [6.45, 7) is 4.17.